The third-order valence-corrected chi connectivity index (χ3v) is 3.56. The smallest absolute Gasteiger partial charge is 0.138 e. The highest BCUT2D eigenvalue weighted by atomic mass is 16.5. The van der Waals surface area contributed by atoms with Crippen molar-refractivity contribution in [3.63, 3.8) is 0 Å². The molecule has 0 bridgehead atoms. The third-order valence-electron chi connectivity index (χ3n) is 3.56. The lowest BCUT2D eigenvalue weighted by Crippen LogP contribution is -2.40. The van der Waals surface area contributed by atoms with Gasteiger partial charge in [0.2, 0.25) is 0 Å². The molecule has 18 heavy (non-hydrogen) atoms. The van der Waals surface area contributed by atoms with Crippen LogP contribution in [0, 0.1) is 5.92 Å². The molecule has 0 amide bonds. The van der Waals surface area contributed by atoms with Crippen molar-refractivity contribution >= 4 is 0 Å². The van der Waals surface area contributed by atoms with E-state index in [0.717, 1.165) is 31.8 Å². The maximum absolute atomic E-state index is 10.3. The molecule has 2 heterocycles. The highest BCUT2D eigenvalue weighted by molar-refractivity contribution is 4.96. The second-order valence-corrected chi connectivity index (χ2v) is 5.74. The molecule has 5 nitrogen and oxygen atoms in total. The summed E-state index contributed by atoms with van der Waals surface area (Å²) in [5.41, 5.74) is -0.422. The van der Waals surface area contributed by atoms with Gasteiger partial charge in [-0.15, -0.1) is 0 Å². The van der Waals surface area contributed by atoms with Crippen LogP contribution in [0.4, 0.5) is 0 Å². The summed E-state index contributed by atoms with van der Waals surface area (Å²) in [5.74, 6) is 1.36. The van der Waals surface area contributed by atoms with Crippen LogP contribution >= 0.6 is 0 Å². The van der Waals surface area contributed by atoms with Crippen molar-refractivity contribution in [2.24, 2.45) is 5.92 Å². The molecule has 0 aliphatic carbocycles. The number of hydrogen-bond acceptors (Lipinski definition) is 4. The summed E-state index contributed by atoms with van der Waals surface area (Å²) in [6.07, 6.45) is 3.47. The van der Waals surface area contributed by atoms with Crippen LogP contribution in [0.2, 0.25) is 0 Å². The molecule has 1 aliphatic rings. The lowest BCUT2D eigenvalue weighted by atomic mass is 9.93. The summed E-state index contributed by atoms with van der Waals surface area (Å²) in [7, 11) is 0. The monoisotopic (exact) mass is 253 g/mol. The summed E-state index contributed by atoms with van der Waals surface area (Å²) in [4.78, 5) is 4.25. The summed E-state index contributed by atoms with van der Waals surface area (Å²) in [6.45, 7) is 7.84. The molecule has 0 saturated carbocycles. The Bertz CT molecular complexity index is 383. The second kappa shape index (κ2) is 5.36. The van der Waals surface area contributed by atoms with Crippen molar-refractivity contribution in [2.45, 2.75) is 58.3 Å². The first-order valence-electron chi connectivity index (χ1n) is 6.70. The average Bonchev–Trinajstić information content (AvgIpc) is 2.89. The van der Waals surface area contributed by atoms with Gasteiger partial charge in [-0.05, 0) is 25.7 Å². The Morgan fingerprint density at radius 1 is 1.56 bits per heavy atom. The van der Waals surface area contributed by atoms with E-state index in [1.807, 2.05) is 11.6 Å². The molecule has 1 saturated heterocycles. The molecule has 0 spiro atoms. The lowest BCUT2D eigenvalue weighted by molar-refractivity contribution is -0.0778. The number of aliphatic hydroxyl groups excluding tert-OH is 1. The van der Waals surface area contributed by atoms with Crippen LogP contribution < -0.4 is 0 Å². The number of aliphatic hydroxyl groups is 1. The Morgan fingerprint density at radius 3 is 2.94 bits per heavy atom. The van der Waals surface area contributed by atoms with Crippen LogP contribution in [-0.4, -0.2) is 38.2 Å². The van der Waals surface area contributed by atoms with Crippen LogP contribution in [0.5, 0.6) is 0 Å². The molecule has 2 rings (SSSR count). The van der Waals surface area contributed by atoms with Gasteiger partial charge in [-0.2, -0.15) is 5.10 Å². The Morgan fingerprint density at radius 2 is 2.33 bits per heavy atom. The SMILES string of the molecule is CC(C)Cn1ncnc1CC(O)C1(C)CCCO1. The van der Waals surface area contributed by atoms with E-state index in [1.54, 1.807) is 6.33 Å². The number of ether oxygens (including phenoxy) is 1. The van der Waals surface area contributed by atoms with Gasteiger partial charge in [-0.25, -0.2) is 9.67 Å². The third kappa shape index (κ3) is 2.90. The van der Waals surface area contributed by atoms with Gasteiger partial charge in [-0.3, -0.25) is 0 Å². The van der Waals surface area contributed by atoms with Crippen LogP contribution in [0.3, 0.4) is 0 Å². The number of rotatable bonds is 5. The number of aromatic nitrogens is 3. The van der Waals surface area contributed by atoms with E-state index >= 15 is 0 Å². The minimum atomic E-state index is -0.518. The van der Waals surface area contributed by atoms with Crippen molar-refractivity contribution in [1.82, 2.24) is 14.8 Å². The largest absolute Gasteiger partial charge is 0.390 e. The Hall–Kier alpha value is -0.940. The van der Waals surface area contributed by atoms with Crippen molar-refractivity contribution in [2.75, 3.05) is 6.61 Å². The Kier molecular flexibility index (Phi) is 4.02. The molecule has 102 valence electrons. The lowest BCUT2D eigenvalue weighted by Gasteiger charge is -2.29. The van der Waals surface area contributed by atoms with Gasteiger partial charge in [-0.1, -0.05) is 13.8 Å². The van der Waals surface area contributed by atoms with Crippen LogP contribution in [0.1, 0.15) is 39.4 Å². The Balaban J connectivity index is 2.02. The zero-order chi connectivity index (χ0) is 13.2. The second-order valence-electron chi connectivity index (χ2n) is 5.74. The Labute approximate surface area is 108 Å². The molecular weight excluding hydrogens is 230 g/mol. The molecule has 0 aromatic carbocycles. The van der Waals surface area contributed by atoms with Crippen LogP contribution in [0.25, 0.3) is 0 Å². The van der Waals surface area contributed by atoms with Gasteiger partial charge in [0.25, 0.3) is 0 Å². The zero-order valence-corrected chi connectivity index (χ0v) is 11.5. The maximum Gasteiger partial charge on any atom is 0.138 e. The highest BCUT2D eigenvalue weighted by Crippen LogP contribution is 2.30. The molecule has 1 fully saturated rings. The number of nitrogens with zero attached hydrogens (tertiary/aromatic N) is 3. The predicted octanol–water partition coefficient (Wildman–Crippen LogP) is 1.41. The normalized spacial score (nSPS) is 25.8. The minimum absolute atomic E-state index is 0.422. The molecule has 1 aromatic heterocycles. The molecule has 1 aliphatic heterocycles. The summed E-state index contributed by atoms with van der Waals surface area (Å²) in [5, 5.41) is 14.5. The topological polar surface area (TPSA) is 60.2 Å². The summed E-state index contributed by atoms with van der Waals surface area (Å²) < 4.78 is 7.55. The summed E-state index contributed by atoms with van der Waals surface area (Å²) >= 11 is 0. The first-order valence-corrected chi connectivity index (χ1v) is 6.70. The van der Waals surface area contributed by atoms with E-state index < -0.39 is 11.7 Å². The fourth-order valence-electron chi connectivity index (χ4n) is 2.40. The van der Waals surface area contributed by atoms with Gasteiger partial charge in [0, 0.05) is 19.6 Å². The molecule has 5 heteroatoms. The van der Waals surface area contributed by atoms with Crippen molar-refractivity contribution in [1.29, 1.82) is 0 Å². The van der Waals surface area contributed by atoms with Gasteiger partial charge >= 0.3 is 0 Å². The molecule has 2 unspecified atom stereocenters. The molecular formula is C13H23N3O2. The van der Waals surface area contributed by atoms with E-state index in [2.05, 4.69) is 23.9 Å². The quantitative estimate of drug-likeness (QED) is 0.862. The fraction of sp³-hybridized carbons (Fsp3) is 0.846. The van der Waals surface area contributed by atoms with Gasteiger partial charge in [0.15, 0.2) is 0 Å². The van der Waals surface area contributed by atoms with E-state index in [4.69, 9.17) is 4.74 Å². The van der Waals surface area contributed by atoms with E-state index in [-0.39, 0.29) is 0 Å². The summed E-state index contributed by atoms with van der Waals surface area (Å²) in [6, 6.07) is 0. The molecule has 2 atom stereocenters. The van der Waals surface area contributed by atoms with Gasteiger partial charge in [0.05, 0.1) is 11.7 Å². The zero-order valence-electron chi connectivity index (χ0n) is 11.5. The van der Waals surface area contributed by atoms with Crippen molar-refractivity contribution in [3.05, 3.63) is 12.2 Å². The van der Waals surface area contributed by atoms with E-state index in [9.17, 15) is 5.11 Å². The molecule has 1 aromatic rings. The predicted molar refractivity (Wildman–Crippen MR) is 68.2 cm³/mol. The minimum Gasteiger partial charge on any atom is -0.390 e. The maximum atomic E-state index is 10.3. The first kappa shape index (κ1) is 13.5. The van der Waals surface area contributed by atoms with Crippen molar-refractivity contribution in [3.8, 4) is 0 Å². The highest BCUT2D eigenvalue weighted by Gasteiger charge is 2.38. The molecule has 1 N–H and O–H groups in total. The van der Waals surface area contributed by atoms with Gasteiger partial charge < -0.3 is 9.84 Å². The van der Waals surface area contributed by atoms with Crippen LogP contribution in [0.15, 0.2) is 6.33 Å². The molecule has 0 radical (unpaired) electrons. The number of hydrogen-bond donors (Lipinski definition) is 1. The van der Waals surface area contributed by atoms with Gasteiger partial charge in [0.1, 0.15) is 12.2 Å². The van der Waals surface area contributed by atoms with E-state index in [0.29, 0.717) is 12.3 Å². The van der Waals surface area contributed by atoms with E-state index in [1.165, 1.54) is 0 Å². The first-order chi connectivity index (χ1) is 8.51. The van der Waals surface area contributed by atoms with Crippen LogP contribution in [-0.2, 0) is 17.7 Å². The average molecular weight is 253 g/mol. The fourth-order valence-corrected chi connectivity index (χ4v) is 2.40. The standard InChI is InChI=1S/C13H23N3O2/c1-10(2)8-16-12(14-9-15-16)7-11(17)13(3)5-4-6-18-13/h9-11,17H,4-8H2,1-3H3. The van der Waals surface area contributed by atoms with Crippen molar-refractivity contribution < 1.29 is 9.84 Å².